The van der Waals surface area contributed by atoms with Crippen molar-refractivity contribution in [3.63, 3.8) is 0 Å². The highest BCUT2D eigenvalue weighted by atomic mass is 16.5. The Morgan fingerprint density at radius 3 is 2.56 bits per heavy atom. The molecule has 0 aromatic heterocycles. The first kappa shape index (κ1) is 15.7. The van der Waals surface area contributed by atoms with Crippen molar-refractivity contribution in [2.24, 2.45) is 0 Å². The summed E-state index contributed by atoms with van der Waals surface area (Å²) in [6.07, 6.45) is 0.563. The molecule has 0 saturated carbocycles. The van der Waals surface area contributed by atoms with Gasteiger partial charge in [0.1, 0.15) is 18.4 Å². The van der Waals surface area contributed by atoms with Crippen LogP contribution in [0.25, 0.3) is 0 Å². The van der Waals surface area contributed by atoms with Gasteiger partial charge < -0.3 is 9.64 Å². The fourth-order valence-electron chi connectivity index (χ4n) is 3.70. The van der Waals surface area contributed by atoms with Crippen molar-refractivity contribution in [1.29, 1.82) is 0 Å². The Morgan fingerprint density at radius 2 is 1.76 bits per heavy atom. The number of hydrogen-bond acceptors (Lipinski definition) is 3. The van der Waals surface area contributed by atoms with Crippen LogP contribution in [0.1, 0.15) is 18.1 Å². The van der Waals surface area contributed by atoms with E-state index in [2.05, 4.69) is 0 Å². The standard InChI is InChI=1S/C20H20N2O3/c1-14(23)22-17-8-4-2-6-15(17)12-18(22)20(24)21-10-11-25-19-9-5-3-7-16(19)13-21/h2-9,18H,10-13H2,1H3/t18-/m0/s1. The van der Waals surface area contributed by atoms with Crippen molar-refractivity contribution in [1.82, 2.24) is 4.90 Å². The summed E-state index contributed by atoms with van der Waals surface area (Å²) in [7, 11) is 0. The van der Waals surface area contributed by atoms with E-state index in [-0.39, 0.29) is 11.8 Å². The highest BCUT2D eigenvalue weighted by Crippen LogP contribution is 2.33. The van der Waals surface area contributed by atoms with Crippen LogP contribution >= 0.6 is 0 Å². The number of amides is 2. The first-order valence-electron chi connectivity index (χ1n) is 8.52. The van der Waals surface area contributed by atoms with Crippen molar-refractivity contribution in [2.75, 3.05) is 18.1 Å². The van der Waals surface area contributed by atoms with E-state index in [1.807, 2.05) is 48.5 Å². The average Bonchev–Trinajstić information content (AvgIpc) is 2.87. The lowest BCUT2D eigenvalue weighted by atomic mass is 10.1. The van der Waals surface area contributed by atoms with Crippen LogP contribution in [0, 0.1) is 0 Å². The van der Waals surface area contributed by atoms with Gasteiger partial charge >= 0.3 is 0 Å². The minimum atomic E-state index is -0.472. The van der Waals surface area contributed by atoms with Crippen molar-refractivity contribution < 1.29 is 14.3 Å². The van der Waals surface area contributed by atoms with E-state index in [9.17, 15) is 9.59 Å². The highest BCUT2D eigenvalue weighted by Gasteiger charge is 2.39. The summed E-state index contributed by atoms with van der Waals surface area (Å²) in [5.74, 6) is 0.706. The van der Waals surface area contributed by atoms with Gasteiger partial charge in [0.15, 0.2) is 0 Å². The van der Waals surface area contributed by atoms with E-state index < -0.39 is 6.04 Å². The van der Waals surface area contributed by atoms with Gasteiger partial charge in [-0.1, -0.05) is 36.4 Å². The number of benzene rings is 2. The molecule has 4 rings (SSSR count). The van der Waals surface area contributed by atoms with Crippen LogP contribution in [0.3, 0.4) is 0 Å². The summed E-state index contributed by atoms with van der Waals surface area (Å²) in [5.41, 5.74) is 2.89. The third-order valence-electron chi connectivity index (χ3n) is 4.86. The molecule has 25 heavy (non-hydrogen) atoms. The smallest absolute Gasteiger partial charge is 0.246 e. The number of carbonyl (C=O) groups excluding carboxylic acids is 2. The van der Waals surface area contributed by atoms with Gasteiger partial charge in [-0.15, -0.1) is 0 Å². The number of rotatable bonds is 1. The van der Waals surface area contributed by atoms with Crippen LogP contribution in [-0.2, 0) is 22.6 Å². The molecule has 2 aromatic rings. The number of hydrogen-bond donors (Lipinski definition) is 0. The molecular weight excluding hydrogens is 316 g/mol. The average molecular weight is 336 g/mol. The number of para-hydroxylation sites is 2. The van der Waals surface area contributed by atoms with Crippen LogP contribution < -0.4 is 9.64 Å². The zero-order chi connectivity index (χ0) is 17.4. The van der Waals surface area contributed by atoms with Crippen molar-refractivity contribution >= 4 is 17.5 Å². The lowest BCUT2D eigenvalue weighted by molar-refractivity contribution is -0.134. The zero-order valence-electron chi connectivity index (χ0n) is 14.1. The van der Waals surface area contributed by atoms with Crippen LogP contribution in [0.15, 0.2) is 48.5 Å². The minimum Gasteiger partial charge on any atom is -0.491 e. The number of ether oxygens (including phenoxy) is 1. The molecule has 2 aliphatic rings. The largest absolute Gasteiger partial charge is 0.491 e. The summed E-state index contributed by atoms with van der Waals surface area (Å²) in [6, 6.07) is 15.1. The van der Waals surface area contributed by atoms with Crippen LogP contribution in [0.5, 0.6) is 5.75 Å². The molecule has 0 N–H and O–H groups in total. The lowest BCUT2D eigenvalue weighted by Gasteiger charge is -2.29. The third kappa shape index (κ3) is 2.76. The summed E-state index contributed by atoms with van der Waals surface area (Å²) in [5, 5.41) is 0. The fourth-order valence-corrected chi connectivity index (χ4v) is 3.70. The first-order chi connectivity index (χ1) is 12.1. The molecule has 0 fully saturated rings. The predicted octanol–water partition coefficient (Wildman–Crippen LogP) is 2.39. The van der Waals surface area contributed by atoms with Gasteiger partial charge in [-0.25, -0.2) is 0 Å². The van der Waals surface area contributed by atoms with E-state index in [4.69, 9.17) is 4.74 Å². The maximum absolute atomic E-state index is 13.2. The van der Waals surface area contributed by atoms with Gasteiger partial charge in [-0.05, 0) is 17.7 Å². The number of fused-ring (bicyclic) bond motifs is 2. The second-order valence-corrected chi connectivity index (χ2v) is 6.45. The Hall–Kier alpha value is -2.82. The topological polar surface area (TPSA) is 49.9 Å². The normalized spacial score (nSPS) is 18.8. The predicted molar refractivity (Wildman–Crippen MR) is 94.4 cm³/mol. The van der Waals surface area contributed by atoms with E-state index >= 15 is 0 Å². The Bertz CT molecular complexity index is 833. The molecule has 0 radical (unpaired) electrons. The summed E-state index contributed by atoms with van der Waals surface area (Å²) in [6.45, 7) is 3.01. The van der Waals surface area contributed by atoms with Crippen molar-refractivity contribution in [3.05, 3.63) is 59.7 Å². The molecule has 0 spiro atoms. The second kappa shape index (κ2) is 6.24. The zero-order valence-corrected chi connectivity index (χ0v) is 14.1. The lowest BCUT2D eigenvalue weighted by Crippen LogP contribution is -2.49. The van der Waals surface area contributed by atoms with Gasteiger partial charge in [0.25, 0.3) is 0 Å². The van der Waals surface area contributed by atoms with Gasteiger partial charge in [-0.2, -0.15) is 0 Å². The molecule has 5 heteroatoms. The van der Waals surface area contributed by atoms with E-state index in [0.717, 1.165) is 22.6 Å². The highest BCUT2D eigenvalue weighted by molar-refractivity contribution is 6.02. The van der Waals surface area contributed by atoms with Crippen LogP contribution in [0.2, 0.25) is 0 Å². The summed E-state index contributed by atoms with van der Waals surface area (Å²) >= 11 is 0. The van der Waals surface area contributed by atoms with Crippen LogP contribution in [-0.4, -0.2) is 35.9 Å². The SMILES string of the molecule is CC(=O)N1c2ccccc2C[C@H]1C(=O)N1CCOc2ccccc2C1. The molecular formula is C20H20N2O3. The molecule has 128 valence electrons. The Balaban J connectivity index is 1.62. The third-order valence-corrected chi connectivity index (χ3v) is 4.86. The molecule has 2 heterocycles. The van der Waals surface area contributed by atoms with Crippen molar-refractivity contribution in [2.45, 2.75) is 25.9 Å². The Morgan fingerprint density at radius 1 is 1.04 bits per heavy atom. The monoisotopic (exact) mass is 336 g/mol. The van der Waals surface area contributed by atoms with Crippen molar-refractivity contribution in [3.8, 4) is 5.75 Å². The van der Waals surface area contributed by atoms with Gasteiger partial charge in [0, 0.05) is 31.1 Å². The number of anilines is 1. The molecule has 2 aliphatic heterocycles. The second-order valence-electron chi connectivity index (χ2n) is 6.45. The van der Waals surface area contributed by atoms with E-state index in [0.29, 0.717) is 26.1 Å². The number of nitrogens with zero attached hydrogens (tertiary/aromatic N) is 2. The summed E-state index contributed by atoms with van der Waals surface area (Å²) < 4.78 is 5.75. The van der Waals surface area contributed by atoms with Gasteiger partial charge in [-0.3, -0.25) is 14.5 Å². The van der Waals surface area contributed by atoms with E-state index in [1.165, 1.54) is 6.92 Å². The molecule has 1 atom stereocenters. The molecule has 2 aromatic carbocycles. The minimum absolute atomic E-state index is 0.0216. The molecule has 5 nitrogen and oxygen atoms in total. The van der Waals surface area contributed by atoms with E-state index in [1.54, 1.807) is 9.80 Å². The Kier molecular flexibility index (Phi) is 3.92. The fraction of sp³-hybridized carbons (Fsp3) is 0.300. The maximum Gasteiger partial charge on any atom is 0.246 e. The molecule has 0 unspecified atom stereocenters. The summed E-state index contributed by atoms with van der Waals surface area (Å²) in [4.78, 5) is 28.9. The van der Waals surface area contributed by atoms with Crippen LogP contribution in [0.4, 0.5) is 5.69 Å². The number of carbonyl (C=O) groups is 2. The first-order valence-corrected chi connectivity index (χ1v) is 8.52. The Labute approximate surface area is 146 Å². The molecule has 0 saturated heterocycles. The van der Waals surface area contributed by atoms with Gasteiger partial charge in [0.2, 0.25) is 11.8 Å². The quantitative estimate of drug-likeness (QED) is 0.803. The maximum atomic E-state index is 13.2. The van der Waals surface area contributed by atoms with Gasteiger partial charge in [0.05, 0.1) is 6.54 Å². The molecule has 0 bridgehead atoms. The molecule has 2 amide bonds. The molecule has 0 aliphatic carbocycles.